The van der Waals surface area contributed by atoms with Gasteiger partial charge in [-0.25, -0.2) is 0 Å². The van der Waals surface area contributed by atoms with Gasteiger partial charge in [0, 0.05) is 12.7 Å². The van der Waals surface area contributed by atoms with Gasteiger partial charge in [-0.2, -0.15) is 5.26 Å². The predicted molar refractivity (Wildman–Crippen MR) is 116 cm³/mol. The number of ether oxygens (including phenoxy) is 1. The molecule has 0 unspecified atom stereocenters. The van der Waals surface area contributed by atoms with Gasteiger partial charge in [-0.1, -0.05) is 37.3 Å². The van der Waals surface area contributed by atoms with E-state index in [2.05, 4.69) is 37.3 Å². The highest BCUT2D eigenvalue weighted by atomic mass is 16.5. The van der Waals surface area contributed by atoms with Gasteiger partial charge in [0.2, 0.25) is 0 Å². The number of rotatable bonds is 8. The number of benzene rings is 1. The van der Waals surface area contributed by atoms with Gasteiger partial charge in [0.1, 0.15) is 0 Å². The Morgan fingerprint density at radius 2 is 1.64 bits per heavy atom. The molecule has 0 aromatic heterocycles. The van der Waals surface area contributed by atoms with Gasteiger partial charge < -0.3 is 4.74 Å². The number of aryl methyl sites for hydroxylation is 1. The van der Waals surface area contributed by atoms with Crippen LogP contribution < -0.4 is 0 Å². The van der Waals surface area contributed by atoms with E-state index in [0.717, 1.165) is 37.2 Å². The first kappa shape index (κ1) is 21.1. The second-order valence-electron chi connectivity index (χ2n) is 8.90. The molecule has 2 aliphatic carbocycles. The summed E-state index contributed by atoms with van der Waals surface area (Å²) in [6, 6.07) is 11.4. The van der Waals surface area contributed by atoms with Gasteiger partial charge >= 0.3 is 0 Å². The summed E-state index contributed by atoms with van der Waals surface area (Å²) in [5.74, 6) is 2.35. The van der Waals surface area contributed by atoms with Gasteiger partial charge in [0.15, 0.2) is 0 Å². The second kappa shape index (κ2) is 11.4. The van der Waals surface area contributed by atoms with Crippen molar-refractivity contribution in [2.45, 2.75) is 89.6 Å². The van der Waals surface area contributed by atoms with E-state index >= 15 is 0 Å². The van der Waals surface area contributed by atoms with Crippen LogP contribution in [0.2, 0.25) is 0 Å². The monoisotopic (exact) mass is 379 g/mol. The van der Waals surface area contributed by atoms with E-state index in [1.165, 1.54) is 63.4 Å². The average molecular weight is 380 g/mol. The van der Waals surface area contributed by atoms with Crippen LogP contribution in [0.15, 0.2) is 36.4 Å². The lowest BCUT2D eigenvalue weighted by molar-refractivity contribution is -0.00824. The molecule has 2 fully saturated rings. The summed E-state index contributed by atoms with van der Waals surface area (Å²) < 4.78 is 6.33. The van der Waals surface area contributed by atoms with Gasteiger partial charge in [-0.05, 0) is 99.5 Å². The molecule has 0 heterocycles. The summed E-state index contributed by atoms with van der Waals surface area (Å²) in [6.07, 6.45) is 17.9. The zero-order chi connectivity index (χ0) is 19.6. The van der Waals surface area contributed by atoms with E-state index in [1.54, 1.807) is 11.6 Å². The highest BCUT2D eigenvalue weighted by Crippen LogP contribution is 2.37. The molecule has 0 bridgehead atoms. The molecule has 152 valence electrons. The Balaban J connectivity index is 1.30. The fourth-order valence-corrected chi connectivity index (χ4v) is 5.02. The fourth-order valence-electron chi connectivity index (χ4n) is 5.02. The van der Waals surface area contributed by atoms with Crippen LogP contribution in [-0.4, -0.2) is 12.7 Å². The van der Waals surface area contributed by atoms with Crippen molar-refractivity contribution in [1.82, 2.24) is 0 Å². The predicted octanol–water partition coefficient (Wildman–Crippen LogP) is 6.96. The normalized spacial score (nSPS) is 28.3. The molecule has 0 aliphatic heterocycles. The molecule has 1 aromatic carbocycles. The van der Waals surface area contributed by atoms with Gasteiger partial charge in [-0.3, -0.25) is 0 Å². The molecule has 0 amide bonds. The van der Waals surface area contributed by atoms with Crippen molar-refractivity contribution in [2.24, 2.45) is 11.8 Å². The first-order valence-corrected chi connectivity index (χ1v) is 11.5. The quantitative estimate of drug-likeness (QED) is 0.457. The first-order valence-electron chi connectivity index (χ1n) is 11.5. The SMILES string of the molecule is CCc1ccc([C@H]2CC[C@H](CO[C@H]3CC[C@H](CCC=CC#N)CC3)CC2)cc1. The van der Waals surface area contributed by atoms with Crippen LogP contribution in [0.5, 0.6) is 0 Å². The highest BCUT2D eigenvalue weighted by Gasteiger charge is 2.25. The molecule has 0 radical (unpaired) electrons. The standard InChI is InChI=1S/C26H37NO/c1-2-21-7-13-24(14-8-21)25-15-9-23(10-16-25)20-28-26-17-11-22(12-18-26)6-4-3-5-19-27/h3,5,7-8,13-14,22-23,25-26H,2,4,6,9-12,15-18,20H2,1H3/t22-,23-,25-,26-. The summed E-state index contributed by atoms with van der Waals surface area (Å²) in [5.41, 5.74) is 2.98. The van der Waals surface area contributed by atoms with E-state index in [-0.39, 0.29) is 0 Å². The minimum Gasteiger partial charge on any atom is -0.378 e. The maximum absolute atomic E-state index is 8.54. The Hall–Kier alpha value is -1.59. The summed E-state index contributed by atoms with van der Waals surface area (Å²) >= 11 is 0. The van der Waals surface area contributed by atoms with Crippen molar-refractivity contribution < 1.29 is 4.74 Å². The Morgan fingerprint density at radius 3 is 2.29 bits per heavy atom. The van der Waals surface area contributed by atoms with E-state index in [9.17, 15) is 0 Å². The van der Waals surface area contributed by atoms with Crippen LogP contribution in [0.4, 0.5) is 0 Å². The molecule has 2 aliphatic rings. The molecule has 0 atom stereocenters. The largest absolute Gasteiger partial charge is 0.378 e. The molecule has 0 spiro atoms. The fraction of sp³-hybridized carbons (Fsp3) is 0.654. The van der Waals surface area contributed by atoms with Crippen LogP contribution in [0.3, 0.4) is 0 Å². The Kier molecular flexibility index (Phi) is 8.62. The van der Waals surface area contributed by atoms with Crippen LogP contribution in [0.1, 0.15) is 88.2 Å². The van der Waals surface area contributed by atoms with Crippen LogP contribution in [-0.2, 0) is 11.2 Å². The molecular formula is C26H37NO. The minimum atomic E-state index is 0.491. The van der Waals surface area contributed by atoms with Crippen molar-refractivity contribution in [1.29, 1.82) is 5.26 Å². The summed E-state index contributed by atoms with van der Waals surface area (Å²) in [5, 5.41) is 8.54. The van der Waals surface area contributed by atoms with Crippen LogP contribution in [0, 0.1) is 23.2 Å². The average Bonchev–Trinajstić information content (AvgIpc) is 2.76. The number of nitriles is 1. The third-order valence-electron chi connectivity index (χ3n) is 7.00. The van der Waals surface area contributed by atoms with E-state index in [1.807, 2.05) is 6.08 Å². The molecular weight excluding hydrogens is 342 g/mol. The maximum Gasteiger partial charge on any atom is 0.0908 e. The molecule has 2 saturated carbocycles. The molecule has 2 nitrogen and oxygen atoms in total. The summed E-state index contributed by atoms with van der Waals surface area (Å²) in [6.45, 7) is 3.20. The lowest BCUT2D eigenvalue weighted by Crippen LogP contribution is -2.25. The third-order valence-corrected chi connectivity index (χ3v) is 7.00. The van der Waals surface area contributed by atoms with Crippen molar-refractivity contribution >= 4 is 0 Å². The summed E-state index contributed by atoms with van der Waals surface area (Å²) in [7, 11) is 0. The molecule has 0 saturated heterocycles. The van der Waals surface area contributed by atoms with Crippen LogP contribution >= 0.6 is 0 Å². The number of allylic oxidation sites excluding steroid dienone is 2. The van der Waals surface area contributed by atoms with Gasteiger partial charge in [0.05, 0.1) is 12.2 Å². The zero-order valence-corrected chi connectivity index (χ0v) is 17.6. The number of hydrogen-bond donors (Lipinski definition) is 0. The lowest BCUT2D eigenvalue weighted by Gasteiger charge is -2.32. The Labute approximate surface area is 172 Å². The number of hydrogen-bond acceptors (Lipinski definition) is 2. The van der Waals surface area contributed by atoms with E-state index in [0.29, 0.717) is 6.10 Å². The topological polar surface area (TPSA) is 33.0 Å². The Morgan fingerprint density at radius 1 is 0.964 bits per heavy atom. The second-order valence-corrected chi connectivity index (χ2v) is 8.90. The van der Waals surface area contributed by atoms with E-state index in [4.69, 9.17) is 10.00 Å². The molecule has 1 aromatic rings. The first-order chi connectivity index (χ1) is 13.8. The molecule has 0 N–H and O–H groups in total. The third kappa shape index (κ3) is 6.49. The molecule has 3 rings (SSSR count). The van der Waals surface area contributed by atoms with Crippen LogP contribution in [0.25, 0.3) is 0 Å². The van der Waals surface area contributed by atoms with Crippen molar-refractivity contribution in [2.75, 3.05) is 6.61 Å². The minimum absolute atomic E-state index is 0.491. The smallest absolute Gasteiger partial charge is 0.0908 e. The molecule has 2 heteroatoms. The van der Waals surface area contributed by atoms with Crippen molar-refractivity contribution in [3.05, 3.63) is 47.5 Å². The van der Waals surface area contributed by atoms with E-state index < -0.39 is 0 Å². The van der Waals surface area contributed by atoms with Gasteiger partial charge in [0.25, 0.3) is 0 Å². The summed E-state index contributed by atoms with van der Waals surface area (Å²) in [4.78, 5) is 0. The Bertz CT molecular complexity index is 625. The molecule has 28 heavy (non-hydrogen) atoms. The maximum atomic E-state index is 8.54. The highest BCUT2D eigenvalue weighted by molar-refractivity contribution is 5.25. The van der Waals surface area contributed by atoms with Crippen molar-refractivity contribution in [3.8, 4) is 6.07 Å². The number of nitrogens with zero attached hydrogens (tertiary/aromatic N) is 1. The lowest BCUT2D eigenvalue weighted by atomic mass is 9.79. The zero-order valence-electron chi connectivity index (χ0n) is 17.6. The van der Waals surface area contributed by atoms with Gasteiger partial charge in [-0.15, -0.1) is 0 Å². The van der Waals surface area contributed by atoms with Crippen molar-refractivity contribution in [3.63, 3.8) is 0 Å².